The Morgan fingerprint density at radius 2 is 1.43 bits per heavy atom. The van der Waals surface area contributed by atoms with E-state index in [0.29, 0.717) is 6.42 Å². The van der Waals surface area contributed by atoms with E-state index in [1.54, 1.807) is 0 Å². The molecule has 2 heteroatoms. The molecule has 0 saturated heterocycles. The van der Waals surface area contributed by atoms with Gasteiger partial charge in [-0.3, -0.25) is 4.79 Å². The van der Waals surface area contributed by atoms with Crippen molar-refractivity contribution < 1.29 is 4.79 Å². The van der Waals surface area contributed by atoms with Gasteiger partial charge in [0.1, 0.15) is 0 Å². The van der Waals surface area contributed by atoms with Crippen LogP contribution in [0.15, 0.2) is 0 Å². The molecule has 1 amide bonds. The molecule has 0 aromatic heterocycles. The summed E-state index contributed by atoms with van der Waals surface area (Å²) < 4.78 is 0. The highest BCUT2D eigenvalue weighted by Gasteiger charge is 2.05. The van der Waals surface area contributed by atoms with Gasteiger partial charge >= 0.3 is 0 Å². The van der Waals surface area contributed by atoms with E-state index >= 15 is 0 Å². The Morgan fingerprint density at radius 3 is 1.64 bits per heavy atom. The van der Waals surface area contributed by atoms with Gasteiger partial charge < -0.3 is 4.90 Å². The Hall–Kier alpha value is -0.530. The first-order chi connectivity index (χ1) is 6.76. The first kappa shape index (κ1) is 19.1. The van der Waals surface area contributed by atoms with E-state index in [4.69, 9.17) is 0 Å². The average Bonchev–Trinajstić information content (AvgIpc) is 2.30. The SMILES string of the molecule is CC.CC.CCCN(CC)C(=O)CC. The number of nitrogens with zero attached hydrogens (tertiary/aromatic N) is 1. The first-order valence-electron chi connectivity index (χ1n) is 6.04. The van der Waals surface area contributed by atoms with Crippen LogP contribution in [0.25, 0.3) is 0 Å². The number of hydrogen-bond acceptors (Lipinski definition) is 1. The van der Waals surface area contributed by atoms with Crippen LogP contribution in [0, 0.1) is 0 Å². The molecule has 0 aromatic carbocycles. The molecule has 0 radical (unpaired) electrons. The Kier molecular flexibility index (Phi) is 25.0. The topological polar surface area (TPSA) is 20.3 Å². The molecule has 0 bridgehead atoms. The van der Waals surface area contributed by atoms with Gasteiger partial charge in [-0.1, -0.05) is 41.5 Å². The molecule has 0 atom stereocenters. The second-order valence-electron chi connectivity index (χ2n) is 2.33. The molecule has 0 heterocycles. The maximum Gasteiger partial charge on any atom is 0.222 e. The predicted molar refractivity (Wildman–Crippen MR) is 65.5 cm³/mol. The summed E-state index contributed by atoms with van der Waals surface area (Å²) in [6, 6.07) is 0. The van der Waals surface area contributed by atoms with Gasteiger partial charge in [-0.15, -0.1) is 0 Å². The third-order valence-electron chi connectivity index (χ3n) is 1.53. The van der Waals surface area contributed by atoms with Crippen LogP contribution in [-0.2, 0) is 4.79 Å². The minimum Gasteiger partial charge on any atom is -0.343 e. The molecule has 0 aliphatic rings. The molecule has 0 aliphatic carbocycles. The zero-order chi connectivity index (χ0) is 12.0. The number of rotatable bonds is 4. The molecular formula is C12H29NO. The predicted octanol–water partition coefficient (Wildman–Crippen LogP) is 3.71. The van der Waals surface area contributed by atoms with Gasteiger partial charge in [-0.2, -0.15) is 0 Å². The van der Waals surface area contributed by atoms with Crippen molar-refractivity contribution in [3.05, 3.63) is 0 Å². The maximum absolute atomic E-state index is 11.1. The van der Waals surface area contributed by atoms with E-state index in [2.05, 4.69) is 6.92 Å². The van der Waals surface area contributed by atoms with Crippen LogP contribution in [-0.4, -0.2) is 23.9 Å². The molecule has 88 valence electrons. The van der Waals surface area contributed by atoms with Gasteiger partial charge in [0, 0.05) is 19.5 Å². The van der Waals surface area contributed by atoms with Gasteiger partial charge in [-0.25, -0.2) is 0 Å². The zero-order valence-electron chi connectivity index (χ0n) is 11.2. The fourth-order valence-electron chi connectivity index (χ4n) is 0.953. The highest BCUT2D eigenvalue weighted by molar-refractivity contribution is 5.75. The van der Waals surface area contributed by atoms with Gasteiger partial charge in [0.05, 0.1) is 0 Å². The Balaban J connectivity index is -0.000000266. The summed E-state index contributed by atoms with van der Waals surface area (Å²) in [6.07, 6.45) is 1.69. The van der Waals surface area contributed by atoms with Crippen molar-refractivity contribution in [2.24, 2.45) is 0 Å². The van der Waals surface area contributed by atoms with Gasteiger partial charge in [0.2, 0.25) is 5.91 Å². The summed E-state index contributed by atoms with van der Waals surface area (Å²) in [5, 5.41) is 0. The third-order valence-corrected chi connectivity index (χ3v) is 1.53. The van der Waals surface area contributed by atoms with Crippen molar-refractivity contribution in [1.29, 1.82) is 0 Å². The summed E-state index contributed by atoms with van der Waals surface area (Å²) >= 11 is 0. The lowest BCUT2D eigenvalue weighted by Crippen LogP contribution is -2.30. The van der Waals surface area contributed by atoms with Crippen LogP contribution in [0.5, 0.6) is 0 Å². The fourth-order valence-corrected chi connectivity index (χ4v) is 0.953. The first-order valence-corrected chi connectivity index (χ1v) is 6.04. The lowest BCUT2D eigenvalue weighted by Gasteiger charge is -2.18. The van der Waals surface area contributed by atoms with Crippen molar-refractivity contribution in [3.63, 3.8) is 0 Å². The summed E-state index contributed by atoms with van der Waals surface area (Å²) in [4.78, 5) is 12.9. The van der Waals surface area contributed by atoms with E-state index in [1.165, 1.54) is 0 Å². The van der Waals surface area contributed by atoms with E-state index in [1.807, 2.05) is 46.4 Å². The summed E-state index contributed by atoms with van der Waals surface area (Å²) in [5.74, 6) is 0.268. The quantitative estimate of drug-likeness (QED) is 0.682. The van der Waals surface area contributed by atoms with Gasteiger partial charge in [0.25, 0.3) is 0 Å². The molecule has 0 spiro atoms. The third kappa shape index (κ3) is 11.5. The fraction of sp³-hybridized carbons (Fsp3) is 0.917. The van der Waals surface area contributed by atoms with Crippen molar-refractivity contribution in [2.75, 3.05) is 13.1 Å². The average molecular weight is 203 g/mol. The minimum atomic E-state index is 0.268. The van der Waals surface area contributed by atoms with Crippen LogP contribution in [0.3, 0.4) is 0 Å². The van der Waals surface area contributed by atoms with Crippen LogP contribution in [0.2, 0.25) is 0 Å². The van der Waals surface area contributed by atoms with Crippen LogP contribution in [0.1, 0.15) is 61.3 Å². The van der Waals surface area contributed by atoms with Crippen molar-refractivity contribution in [3.8, 4) is 0 Å². The molecule has 0 rings (SSSR count). The molecule has 14 heavy (non-hydrogen) atoms. The second kappa shape index (κ2) is 18.3. The smallest absolute Gasteiger partial charge is 0.222 e. The Labute approximate surface area is 90.7 Å². The Bertz CT molecular complexity index is 102. The number of carbonyl (C=O) groups is 1. The van der Waals surface area contributed by atoms with Gasteiger partial charge in [0.15, 0.2) is 0 Å². The maximum atomic E-state index is 11.1. The van der Waals surface area contributed by atoms with Crippen LogP contribution >= 0.6 is 0 Å². The number of carbonyl (C=O) groups excluding carboxylic acids is 1. The molecule has 0 saturated carbocycles. The summed E-state index contributed by atoms with van der Waals surface area (Å²) in [7, 11) is 0. The zero-order valence-corrected chi connectivity index (χ0v) is 11.2. The standard InChI is InChI=1S/C8H17NO.2C2H6/c1-4-7-9(6-3)8(10)5-2;2*1-2/h4-7H2,1-3H3;2*1-2H3. The molecular weight excluding hydrogens is 174 g/mol. The minimum absolute atomic E-state index is 0.268. The Morgan fingerprint density at radius 1 is 1.00 bits per heavy atom. The van der Waals surface area contributed by atoms with E-state index in [9.17, 15) is 4.79 Å². The van der Waals surface area contributed by atoms with E-state index in [-0.39, 0.29) is 5.91 Å². The highest BCUT2D eigenvalue weighted by atomic mass is 16.2. The number of amides is 1. The van der Waals surface area contributed by atoms with Crippen molar-refractivity contribution >= 4 is 5.91 Å². The lowest BCUT2D eigenvalue weighted by molar-refractivity contribution is -0.130. The van der Waals surface area contributed by atoms with Gasteiger partial charge in [-0.05, 0) is 13.3 Å². The normalized spacial score (nSPS) is 7.64. The van der Waals surface area contributed by atoms with Crippen molar-refractivity contribution in [1.82, 2.24) is 4.90 Å². The summed E-state index contributed by atoms with van der Waals surface area (Å²) in [5.41, 5.74) is 0. The highest BCUT2D eigenvalue weighted by Crippen LogP contribution is 1.94. The summed E-state index contributed by atoms with van der Waals surface area (Å²) in [6.45, 7) is 15.8. The number of hydrogen-bond donors (Lipinski definition) is 0. The second-order valence-corrected chi connectivity index (χ2v) is 2.33. The molecule has 0 N–H and O–H groups in total. The molecule has 0 aliphatic heterocycles. The molecule has 2 nitrogen and oxygen atoms in total. The van der Waals surface area contributed by atoms with Crippen molar-refractivity contribution in [2.45, 2.75) is 61.3 Å². The monoisotopic (exact) mass is 203 g/mol. The largest absolute Gasteiger partial charge is 0.343 e. The molecule has 0 aromatic rings. The lowest BCUT2D eigenvalue weighted by atomic mass is 10.3. The molecule has 0 unspecified atom stereocenters. The molecule has 0 fully saturated rings. The van der Waals surface area contributed by atoms with Crippen LogP contribution < -0.4 is 0 Å². The van der Waals surface area contributed by atoms with E-state index < -0.39 is 0 Å². The van der Waals surface area contributed by atoms with Crippen LogP contribution in [0.4, 0.5) is 0 Å². The van der Waals surface area contributed by atoms with E-state index in [0.717, 1.165) is 19.5 Å².